The predicted octanol–water partition coefficient (Wildman–Crippen LogP) is 0.0349. The summed E-state index contributed by atoms with van der Waals surface area (Å²) in [6, 6.07) is -0.000972. The summed E-state index contributed by atoms with van der Waals surface area (Å²) >= 11 is 0. The lowest BCUT2D eigenvalue weighted by Gasteiger charge is -2.28. The first-order valence-electron chi connectivity index (χ1n) is 5.73. The maximum Gasteiger partial charge on any atom is 0.219 e. The number of hydrogen-bond donors (Lipinski definition) is 1. The monoisotopic (exact) mass is 250 g/mol. The van der Waals surface area contributed by atoms with Gasteiger partial charge in [-0.15, -0.1) is 0 Å². The highest BCUT2D eigenvalue weighted by Gasteiger charge is 2.35. The molecule has 1 N–H and O–H groups in total. The lowest BCUT2D eigenvalue weighted by Crippen LogP contribution is -2.45. The predicted molar refractivity (Wildman–Crippen MR) is 63.9 cm³/mol. The summed E-state index contributed by atoms with van der Waals surface area (Å²) in [5.74, 6) is 0. The van der Waals surface area contributed by atoms with Crippen molar-refractivity contribution < 1.29 is 13.2 Å². The van der Waals surface area contributed by atoms with Crippen LogP contribution in [0.2, 0.25) is 0 Å². The van der Waals surface area contributed by atoms with Crippen LogP contribution in [0.5, 0.6) is 0 Å². The van der Waals surface area contributed by atoms with Gasteiger partial charge in [-0.25, -0.2) is 8.42 Å². The van der Waals surface area contributed by atoms with Crippen molar-refractivity contribution in [2.24, 2.45) is 0 Å². The summed E-state index contributed by atoms with van der Waals surface area (Å²) in [5, 5.41) is 2.62. The van der Waals surface area contributed by atoms with Crippen molar-refractivity contribution in [3.05, 3.63) is 0 Å². The van der Waals surface area contributed by atoms with Crippen LogP contribution < -0.4 is 5.32 Å². The first kappa shape index (κ1) is 13.9. The van der Waals surface area contributed by atoms with Gasteiger partial charge in [0, 0.05) is 25.7 Å². The fourth-order valence-electron chi connectivity index (χ4n) is 1.84. The molecule has 0 radical (unpaired) electrons. The molecule has 16 heavy (non-hydrogen) atoms. The average molecular weight is 250 g/mol. The molecular weight excluding hydrogens is 228 g/mol. The molecule has 0 bridgehead atoms. The molecule has 5 nitrogen and oxygen atoms in total. The number of likely N-dealkylation sites (N-methyl/N-ethyl adjacent to an activating group) is 1. The zero-order chi connectivity index (χ0) is 12.2. The minimum absolute atomic E-state index is 0.000972. The van der Waals surface area contributed by atoms with Crippen molar-refractivity contribution in [2.75, 3.05) is 33.4 Å². The van der Waals surface area contributed by atoms with E-state index in [1.165, 1.54) is 0 Å². The van der Waals surface area contributed by atoms with Crippen molar-refractivity contribution in [2.45, 2.75) is 31.6 Å². The SMILES string of the molecule is CNCCN(C(C)C)S(=O)(=O)C1CCOC1. The Kier molecular flexibility index (Phi) is 5.17. The van der Waals surface area contributed by atoms with E-state index in [4.69, 9.17) is 4.74 Å². The van der Waals surface area contributed by atoms with Crippen LogP contribution in [-0.2, 0) is 14.8 Å². The van der Waals surface area contributed by atoms with E-state index in [1.54, 1.807) is 4.31 Å². The normalized spacial score (nSPS) is 22.2. The Morgan fingerprint density at radius 2 is 2.19 bits per heavy atom. The molecule has 1 saturated heterocycles. The summed E-state index contributed by atoms with van der Waals surface area (Å²) in [6.45, 7) is 5.90. The molecule has 1 unspecified atom stereocenters. The molecule has 0 aromatic heterocycles. The van der Waals surface area contributed by atoms with E-state index in [2.05, 4.69) is 5.32 Å². The Morgan fingerprint density at radius 3 is 2.62 bits per heavy atom. The lowest BCUT2D eigenvalue weighted by molar-refractivity contribution is 0.197. The number of rotatable bonds is 6. The Bertz CT molecular complexity index is 297. The van der Waals surface area contributed by atoms with Crippen molar-refractivity contribution in [1.82, 2.24) is 9.62 Å². The quantitative estimate of drug-likeness (QED) is 0.723. The van der Waals surface area contributed by atoms with E-state index in [-0.39, 0.29) is 11.3 Å². The number of nitrogens with zero attached hydrogens (tertiary/aromatic N) is 1. The van der Waals surface area contributed by atoms with E-state index >= 15 is 0 Å². The molecule has 1 aliphatic heterocycles. The van der Waals surface area contributed by atoms with Gasteiger partial charge >= 0.3 is 0 Å². The third-order valence-corrected chi connectivity index (χ3v) is 5.27. The van der Waals surface area contributed by atoms with Gasteiger partial charge in [-0.3, -0.25) is 0 Å². The third kappa shape index (κ3) is 3.16. The molecule has 1 heterocycles. The van der Waals surface area contributed by atoms with Crippen molar-refractivity contribution in [1.29, 1.82) is 0 Å². The Hall–Kier alpha value is -0.170. The summed E-state index contributed by atoms with van der Waals surface area (Å²) in [5.41, 5.74) is 0. The third-order valence-electron chi connectivity index (χ3n) is 2.79. The minimum atomic E-state index is -3.20. The fourth-order valence-corrected chi connectivity index (χ4v) is 3.82. The zero-order valence-electron chi connectivity index (χ0n) is 10.3. The van der Waals surface area contributed by atoms with Crippen LogP contribution in [0.4, 0.5) is 0 Å². The van der Waals surface area contributed by atoms with E-state index in [9.17, 15) is 8.42 Å². The summed E-state index contributed by atoms with van der Waals surface area (Å²) in [4.78, 5) is 0. The largest absolute Gasteiger partial charge is 0.380 e. The van der Waals surface area contributed by atoms with Crippen LogP contribution in [0.25, 0.3) is 0 Å². The van der Waals surface area contributed by atoms with Crippen LogP contribution in [0, 0.1) is 0 Å². The molecular formula is C10H22N2O3S. The van der Waals surface area contributed by atoms with Crippen LogP contribution in [0.15, 0.2) is 0 Å². The molecule has 0 aliphatic carbocycles. The second-order valence-corrected chi connectivity index (χ2v) is 6.50. The number of hydrogen-bond acceptors (Lipinski definition) is 4. The molecule has 1 atom stereocenters. The molecule has 0 aromatic rings. The summed E-state index contributed by atoms with van der Waals surface area (Å²) < 4.78 is 31.3. The first-order chi connectivity index (χ1) is 7.50. The molecule has 0 spiro atoms. The van der Waals surface area contributed by atoms with Crippen LogP contribution in [0.1, 0.15) is 20.3 Å². The van der Waals surface area contributed by atoms with Crippen molar-refractivity contribution in [3.63, 3.8) is 0 Å². The molecule has 1 aliphatic rings. The zero-order valence-corrected chi connectivity index (χ0v) is 11.1. The van der Waals surface area contributed by atoms with Gasteiger partial charge in [0.25, 0.3) is 0 Å². The Balaban J connectivity index is 2.74. The highest BCUT2D eigenvalue weighted by atomic mass is 32.2. The average Bonchev–Trinajstić information content (AvgIpc) is 2.70. The topological polar surface area (TPSA) is 58.6 Å². The number of nitrogens with one attached hydrogen (secondary N) is 1. The minimum Gasteiger partial charge on any atom is -0.380 e. The van der Waals surface area contributed by atoms with Gasteiger partial charge < -0.3 is 10.1 Å². The van der Waals surface area contributed by atoms with Crippen molar-refractivity contribution in [3.8, 4) is 0 Å². The molecule has 1 fully saturated rings. The van der Waals surface area contributed by atoms with Gasteiger partial charge in [0.1, 0.15) is 5.25 Å². The van der Waals surface area contributed by atoms with E-state index in [0.717, 1.165) is 0 Å². The van der Waals surface area contributed by atoms with E-state index < -0.39 is 10.0 Å². The van der Waals surface area contributed by atoms with Crippen LogP contribution in [0.3, 0.4) is 0 Å². The van der Waals surface area contributed by atoms with E-state index in [1.807, 2.05) is 20.9 Å². The van der Waals surface area contributed by atoms with Crippen molar-refractivity contribution >= 4 is 10.0 Å². The molecule has 0 saturated carbocycles. The standard InChI is InChI=1S/C10H22N2O3S/c1-9(2)12(6-5-11-3)16(13,14)10-4-7-15-8-10/h9-11H,4-8H2,1-3H3. The van der Waals surface area contributed by atoms with Gasteiger partial charge in [-0.2, -0.15) is 4.31 Å². The lowest BCUT2D eigenvalue weighted by atomic mass is 10.4. The molecule has 6 heteroatoms. The van der Waals surface area contributed by atoms with Crippen LogP contribution in [-0.4, -0.2) is 57.4 Å². The molecule has 0 amide bonds. The number of sulfonamides is 1. The first-order valence-corrected chi connectivity index (χ1v) is 7.23. The second-order valence-electron chi connectivity index (χ2n) is 4.34. The Morgan fingerprint density at radius 1 is 1.50 bits per heavy atom. The van der Waals surface area contributed by atoms with Gasteiger partial charge in [0.05, 0.1) is 6.61 Å². The molecule has 1 rings (SSSR count). The highest BCUT2D eigenvalue weighted by molar-refractivity contribution is 7.89. The summed E-state index contributed by atoms with van der Waals surface area (Å²) in [6.07, 6.45) is 0.616. The fraction of sp³-hybridized carbons (Fsp3) is 1.00. The summed E-state index contributed by atoms with van der Waals surface area (Å²) in [7, 11) is -1.38. The molecule has 96 valence electrons. The maximum atomic E-state index is 12.3. The highest BCUT2D eigenvalue weighted by Crippen LogP contribution is 2.19. The number of ether oxygens (including phenoxy) is 1. The van der Waals surface area contributed by atoms with Crippen LogP contribution >= 0.6 is 0 Å². The van der Waals surface area contributed by atoms with E-state index in [0.29, 0.717) is 32.7 Å². The second kappa shape index (κ2) is 5.95. The Labute approximate surface area is 98.2 Å². The maximum absolute atomic E-state index is 12.3. The van der Waals surface area contributed by atoms with Gasteiger partial charge in [0.15, 0.2) is 0 Å². The van der Waals surface area contributed by atoms with Gasteiger partial charge in [-0.1, -0.05) is 0 Å². The van der Waals surface area contributed by atoms with Gasteiger partial charge in [0.2, 0.25) is 10.0 Å². The van der Waals surface area contributed by atoms with Gasteiger partial charge in [-0.05, 0) is 27.3 Å². The molecule has 0 aromatic carbocycles. The smallest absolute Gasteiger partial charge is 0.219 e.